The van der Waals surface area contributed by atoms with Crippen LogP contribution in [0.1, 0.15) is 23.2 Å². The molecular weight excluding hydrogens is 404 g/mol. The molecule has 0 radical (unpaired) electrons. The van der Waals surface area contributed by atoms with Gasteiger partial charge in [-0.15, -0.1) is 5.10 Å². The molecule has 7 nitrogen and oxygen atoms in total. The van der Waals surface area contributed by atoms with Crippen molar-refractivity contribution in [1.82, 2.24) is 24.9 Å². The number of aromatic nitrogens is 4. The van der Waals surface area contributed by atoms with Crippen molar-refractivity contribution in [2.75, 3.05) is 13.1 Å². The maximum Gasteiger partial charge on any atom is 0.258 e. The third-order valence-electron chi connectivity index (χ3n) is 5.43. The van der Waals surface area contributed by atoms with Gasteiger partial charge in [0.15, 0.2) is 11.6 Å². The number of carbonyl (C=O) groups is 1. The van der Waals surface area contributed by atoms with Gasteiger partial charge in [0.05, 0.1) is 23.0 Å². The molecule has 2 aromatic heterocycles. The van der Waals surface area contributed by atoms with E-state index >= 15 is 0 Å². The SMILES string of the molecule is O=C(c1ccc(-n2cc(-c3cc4cc(F)c(F)cc4[nH]c3=O)nn2)cc1)N1CCCC1. The van der Waals surface area contributed by atoms with Gasteiger partial charge in [0.25, 0.3) is 11.5 Å². The molecule has 1 saturated heterocycles. The predicted molar refractivity (Wildman–Crippen MR) is 110 cm³/mol. The first-order chi connectivity index (χ1) is 15.0. The summed E-state index contributed by atoms with van der Waals surface area (Å²) < 4.78 is 28.5. The number of hydrogen-bond donors (Lipinski definition) is 1. The Kier molecular flexibility index (Phi) is 4.58. The van der Waals surface area contributed by atoms with Gasteiger partial charge in [-0.05, 0) is 49.2 Å². The first-order valence-electron chi connectivity index (χ1n) is 9.84. The van der Waals surface area contributed by atoms with E-state index in [1.165, 1.54) is 10.7 Å². The number of carbonyl (C=O) groups excluding carboxylic acids is 1. The number of nitrogens with zero attached hydrogens (tertiary/aromatic N) is 4. The van der Waals surface area contributed by atoms with E-state index < -0.39 is 17.2 Å². The predicted octanol–water partition coefficient (Wildman–Crippen LogP) is 3.29. The Labute approximate surface area is 174 Å². The van der Waals surface area contributed by atoms with Gasteiger partial charge in [-0.1, -0.05) is 5.21 Å². The third-order valence-corrected chi connectivity index (χ3v) is 5.43. The molecule has 1 N–H and O–H groups in total. The number of hydrogen-bond acceptors (Lipinski definition) is 4. The Morgan fingerprint density at radius 3 is 2.45 bits per heavy atom. The van der Waals surface area contributed by atoms with Gasteiger partial charge in [-0.2, -0.15) is 0 Å². The monoisotopic (exact) mass is 421 g/mol. The fraction of sp³-hybridized carbons (Fsp3) is 0.182. The van der Waals surface area contributed by atoms with Crippen molar-refractivity contribution in [2.45, 2.75) is 12.8 Å². The molecule has 0 aliphatic carbocycles. The number of aromatic amines is 1. The summed E-state index contributed by atoms with van der Waals surface area (Å²) in [6.07, 6.45) is 3.62. The summed E-state index contributed by atoms with van der Waals surface area (Å²) in [5.74, 6) is -2.03. The van der Waals surface area contributed by atoms with E-state index in [9.17, 15) is 18.4 Å². The second-order valence-electron chi connectivity index (χ2n) is 7.46. The van der Waals surface area contributed by atoms with Crippen molar-refractivity contribution in [1.29, 1.82) is 0 Å². The zero-order valence-corrected chi connectivity index (χ0v) is 16.3. The average molecular weight is 421 g/mol. The zero-order chi connectivity index (χ0) is 21.5. The van der Waals surface area contributed by atoms with Crippen LogP contribution in [0, 0.1) is 11.6 Å². The van der Waals surface area contributed by atoms with E-state index in [-0.39, 0.29) is 22.7 Å². The highest BCUT2D eigenvalue weighted by Crippen LogP contribution is 2.21. The highest BCUT2D eigenvalue weighted by molar-refractivity contribution is 5.94. The molecule has 9 heteroatoms. The van der Waals surface area contributed by atoms with E-state index in [1.54, 1.807) is 30.5 Å². The van der Waals surface area contributed by atoms with E-state index in [1.807, 2.05) is 4.90 Å². The molecule has 0 atom stereocenters. The van der Waals surface area contributed by atoms with Gasteiger partial charge < -0.3 is 9.88 Å². The highest BCUT2D eigenvalue weighted by atomic mass is 19.2. The van der Waals surface area contributed by atoms with Crippen molar-refractivity contribution in [2.24, 2.45) is 0 Å². The fourth-order valence-electron chi connectivity index (χ4n) is 3.76. The molecule has 156 valence electrons. The van der Waals surface area contributed by atoms with Crippen LogP contribution in [-0.2, 0) is 0 Å². The molecule has 1 amide bonds. The van der Waals surface area contributed by atoms with Gasteiger partial charge in [-0.25, -0.2) is 13.5 Å². The number of benzene rings is 2. The molecular formula is C22H17F2N5O2. The summed E-state index contributed by atoms with van der Waals surface area (Å²) in [5, 5.41) is 8.43. The number of pyridine rings is 1. The van der Waals surface area contributed by atoms with Gasteiger partial charge in [-0.3, -0.25) is 9.59 Å². The van der Waals surface area contributed by atoms with Gasteiger partial charge in [0.1, 0.15) is 5.69 Å². The molecule has 0 spiro atoms. The lowest BCUT2D eigenvalue weighted by atomic mass is 10.1. The lowest BCUT2D eigenvalue weighted by Gasteiger charge is -2.15. The van der Waals surface area contributed by atoms with Crippen LogP contribution >= 0.6 is 0 Å². The van der Waals surface area contributed by atoms with Crippen LogP contribution in [0.4, 0.5) is 8.78 Å². The topological polar surface area (TPSA) is 83.9 Å². The van der Waals surface area contributed by atoms with Gasteiger partial charge >= 0.3 is 0 Å². The summed E-state index contributed by atoms with van der Waals surface area (Å²) in [6.45, 7) is 1.56. The molecule has 2 aromatic carbocycles. The number of fused-ring (bicyclic) bond motifs is 1. The van der Waals surface area contributed by atoms with Crippen molar-refractivity contribution >= 4 is 16.8 Å². The second kappa shape index (κ2) is 7.42. The third kappa shape index (κ3) is 3.48. The van der Waals surface area contributed by atoms with Crippen LogP contribution in [0.3, 0.4) is 0 Å². The molecule has 0 saturated carbocycles. The van der Waals surface area contributed by atoms with Gasteiger partial charge in [0.2, 0.25) is 0 Å². The Bertz CT molecular complexity index is 1350. The lowest BCUT2D eigenvalue weighted by Crippen LogP contribution is -2.27. The van der Waals surface area contributed by atoms with Crippen molar-refractivity contribution in [3.8, 4) is 16.9 Å². The first-order valence-corrected chi connectivity index (χ1v) is 9.84. The highest BCUT2D eigenvalue weighted by Gasteiger charge is 2.19. The quantitative estimate of drug-likeness (QED) is 0.550. The normalized spacial score (nSPS) is 13.8. The molecule has 1 aliphatic heterocycles. The Morgan fingerprint density at radius 1 is 1.00 bits per heavy atom. The zero-order valence-electron chi connectivity index (χ0n) is 16.3. The molecule has 5 rings (SSSR count). The Hall–Kier alpha value is -3.88. The lowest BCUT2D eigenvalue weighted by molar-refractivity contribution is 0.0793. The Morgan fingerprint density at radius 2 is 1.71 bits per heavy atom. The minimum Gasteiger partial charge on any atom is -0.339 e. The minimum absolute atomic E-state index is 0.00898. The van der Waals surface area contributed by atoms with E-state index in [0.717, 1.165) is 38.1 Å². The van der Waals surface area contributed by atoms with Crippen LogP contribution in [0.15, 0.2) is 53.5 Å². The van der Waals surface area contributed by atoms with E-state index in [0.29, 0.717) is 16.6 Å². The fourth-order valence-corrected chi connectivity index (χ4v) is 3.76. The molecule has 3 heterocycles. The standard InChI is InChI=1S/C22H17F2N5O2/c23-17-10-14-9-16(21(30)25-19(14)11-18(17)24)20-12-29(27-26-20)15-5-3-13(4-6-15)22(31)28-7-1-2-8-28/h3-6,9-12H,1-2,7-8H2,(H,25,30). The van der Waals surface area contributed by atoms with E-state index in [2.05, 4.69) is 15.3 Å². The first kappa shape index (κ1) is 19.1. The summed E-state index contributed by atoms with van der Waals surface area (Å²) in [7, 11) is 0. The number of halogens is 2. The van der Waals surface area contributed by atoms with Crippen LogP contribution in [0.25, 0.3) is 27.8 Å². The number of nitrogens with one attached hydrogen (secondary N) is 1. The van der Waals surface area contributed by atoms with Crippen molar-refractivity contribution in [3.05, 3.63) is 76.2 Å². The van der Waals surface area contributed by atoms with Crippen molar-refractivity contribution < 1.29 is 13.6 Å². The molecule has 0 unspecified atom stereocenters. The van der Waals surface area contributed by atoms with Crippen molar-refractivity contribution in [3.63, 3.8) is 0 Å². The van der Waals surface area contributed by atoms with Crippen LogP contribution in [0.2, 0.25) is 0 Å². The molecule has 31 heavy (non-hydrogen) atoms. The second-order valence-corrected chi connectivity index (χ2v) is 7.46. The van der Waals surface area contributed by atoms with Crippen LogP contribution in [-0.4, -0.2) is 43.9 Å². The number of H-pyrrole nitrogens is 1. The summed E-state index contributed by atoms with van der Waals surface area (Å²) in [4.78, 5) is 29.3. The van der Waals surface area contributed by atoms with E-state index in [4.69, 9.17) is 0 Å². The molecule has 1 aliphatic rings. The number of rotatable bonds is 3. The Balaban J connectivity index is 1.45. The molecule has 0 bridgehead atoms. The van der Waals surface area contributed by atoms with Gasteiger partial charge in [0, 0.05) is 30.1 Å². The maximum atomic E-state index is 13.6. The number of amides is 1. The average Bonchev–Trinajstić information content (AvgIpc) is 3.47. The number of likely N-dealkylation sites (tertiary alicyclic amines) is 1. The summed E-state index contributed by atoms with van der Waals surface area (Å²) >= 11 is 0. The molecule has 1 fully saturated rings. The molecule has 4 aromatic rings. The smallest absolute Gasteiger partial charge is 0.258 e. The largest absolute Gasteiger partial charge is 0.339 e. The maximum absolute atomic E-state index is 13.6. The van der Waals surface area contributed by atoms with Crippen LogP contribution < -0.4 is 5.56 Å². The van der Waals surface area contributed by atoms with Crippen LogP contribution in [0.5, 0.6) is 0 Å². The minimum atomic E-state index is -1.03. The summed E-state index contributed by atoms with van der Waals surface area (Å²) in [6, 6.07) is 10.4. The summed E-state index contributed by atoms with van der Waals surface area (Å²) in [5.41, 5.74) is 1.44.